The number of benzene rings is 1. The van der Waals surface area contributed by atoms with Crippen LogP contribution in [0.15, 0.2) is 18.2 Å². The zero-order valence-corrected chi connectivity index (χ0v) is 22.1. The molecular weight excluding hydrogens is 450 g/mol. The van der Waals surface area contributed by atoms with Crippen molar-refractivity contribution < 1.29 is 14.3 Å². The highest BCUT2D eigenvalue weighted by molar-refractivity contribution is 6.30. The van der Waals surface area contributed by atoms with Crippen molar-refractivity contribution in [2.24, 2.45) is 23.7 Å². The van der Waals surface area contributed by atoms with Crippen molar-refractivity contribution >= 4 is 23.5 Å². The normalized spacial score (nSPS) is 30.4. The van der Waals surface area contributed by atoms with Crippen LogP contribution in [0, 0.1) is 30.6 Å². The van der Waals surface area contributed by atoms with Gasteiger partial charge in [-0.2, -0.15) is 0 Å². The van der Waals surface area contributed by atoms with E-state index in [2.05, 4.69) is 16.0 Å². The van der Waals surface area contributed by atoms with Crippen LogP contribution >= 0.6 is 11.6 Å². The summed E-state index contributed by atoms with van der Waals surface area (Å²) in [5.74, 6) is 2.79. The van der Waals surface area contributed by atoms with Gasteiger partial charge in [0.1, 0.15) is 5.75 Å². The number of nitrogens with one attached hydrogen (secondary N) is 3. The molecule has 4 rings (SSSR count). The van der Waals surface area contributed by atoms with Crippen molar-refractivity contribution in [3.05, 3.63) is 28.8 Å². The Morgan fingerprint density at radius 1 is 0.912 bits per heavy atom. The van der Waals surface area contributed by atoms with Crippen LogP contribution < -0.4 is 20.7 Å². The summed E-state index contributed by atoms with van der Waals surface area (Å²) in [5, 5.41) is 10.3. The summed E-state index contributed by atoms with van der Waals surface area (Å²) in [6.45, 7) is 11.5. The van der Waals surface area contributed by atoms with E-state index < -0.39 is 5.60 Å². The van der Waals surface area contributed by atoms with Gasteiger partial charge in [0.25, 0.3) is 5.91 Å². The van der Waals surface area contributed by atoms with E-state index in [9.17, 15) is 9.59 Å². The lowest BCUT2D eigenvalue weighted by atomic mass is 9.75. The van der Waals surface area contributed by atoms with Gasteiger partial charge < -0.3 is 20.7 Å². The first-order valence-corrected chi connectivity index (χ1v) is 13.0. The summed E-state index contributed by atoms with van der Waals surface area (Å²) in [4.78, 5) is 26.0. The molecule has 0 spiro atoms. The molecule has 0 heterocycles. The van der Waals surface area contributed by atoms with Crippen LogP contribution in [0.25, 0.3) is 0 Å². The molecule has 3 saturated carbocycles. The van der Waals surface area contributed by atoms with Crippen molar-refractivity contribution in [1.29, 1.82) is 0 Å². The number of carbonyl (C=O) groups excluding carboxylic acids is 2. The van der Waals surface area contributed by atoms with Crippen molar-refractivity contribution in [1.82, 2.24) is 16.0 Å². The second kappa shape index (κ2) is 9.25. The largest absolute Gasteiger partial charge is 0.478 e. The van der Waals surface area contributed by atoms with Gasteiger partial charge in [-0.25, -0.2) is 4.79 Å². The third-order valence-electron chi connectivity index (χ3n) is 7.84. The van der Waals surface area contributed by atoms with Crippen LogP contribution in [0.5, 0.6) is 5.75 Å². The summed E-state index contributed by atoms with van der Waals surface area (Å²) >= 11 is 6.07. The standard InChI is InChI=1S/C27H40ClN3O3/c1-15-9-20(28)7-8-22(15)34-27(5,6)24(32)30-23-18-10-16-11-19(23)14-21(13-17(16)12-18)29-25(33)31-26(2,3)4/h7-9,16-19,21,23H,10-14H2,1-6H3,(H,30,32)(H2,29,31,33). The molecule has 0 saturated heterocycles. The predicted molar refractivity (Wildman–Crippen MR) is 135 cm³/mol. The second-order valence-electron chi connectivity index (χ2n) is 12.3. The fourth-order valence-electron chi connectivity index (χ4n) is 6.41. The van der Waals surface area contributed by atoms with Gasteiger partial charge in [0, 0.05) is 22.6 Å². The molecule has 3 bridgehead atoms. The molecule has 3 fully saturated rings. The topological polar surface area (TPSA) is 79.5 Å². The SMILES string of the molecule is Cc1cc(Cl)ccc1OC(C)(C)C(=O)NC1C2CC(NC(=O)NC(C)(C)C)CC3CC1CC3C2. The molecule has 3 aliphatic carbocycles. The van der Waals surface area contributed by atoms with Crippen LogP contribution in [-0.2, 0) is 4.79 Å². The maximum Gasteiger partial charge on any atom is 0.315 e. The average molecular weight is 490 g/mol. The molecule has 0 radical (unpaired) electrons. The van der Waals surface area contributed by atoms with Crippen molar-refractivity contribution in [2.45, 2.75) is 96.9 Å². The zero-order chi connectivity index (χ0) is 24.8. The van der Waals surface area contributed by atoms with Crippen molar-refractivity contribution in [2.75, 3.05) is 0 Å². The first-order valence-electron chi connectivity index (χ1n) is 12.7. The van der Waals surface area contributed by atoms with E-state index in [4.69, 9.17) is 16.3 Å². The number of urea groups is 1. The molecule has 1 aromatic rings. The van der Waals surface area contributed by atoms with E-state index in [1.807, 2.05) is 53.7 Å². The summed E-state index contributed by atoms with van der Waals surface area (Å²) in [5.41, 5.74) is -0.370. The van der Waals surface area contributed by atoms with Crippen LogP contribution in [0.4, 0.5) is 4.79 Å². The number of rotatable bonds is 5. The monoisotopic (exact) mass is 489 g/mol. The van der Waals surface area contributed by atoms with E-state index in [0.29, 0.717) is 34.4 Å². The zero-order valence-electron chi connectivity index (χ0n) is 21.3. The van der Waals surface area contributed by atoms with E-state index in [1.54, 1.807) is 6.07 Å². The van der Waals surface area contributed by atoms with E-state index >= 15 is 0 Å². The van der Waals surface area contributed by atoms with E-state index in [-0.39, 0.29) is 29.6 Å². The van der Waals surface area contributed by atoms with E-state index in [1.165, 1.54) is 6.42 Å². The molecule has 3 amide bonds. The molecule has 0 aromatic heterocycles. The molecular formula is C27H40ClN3O3. The number of hydrogen-bond donors (Lipinski definition) is 3. The molecule has 6 nitrogen and oxygen atoms in total. The Morgan fingerprint density at radius 3 is 2.12 bits per heavy atom. The van der Waals surface area contributed by atoms with Gasteiger partial charge in [-0.3, -0.25) is 4.79 Å². The third kappa shape index (κ3) is 5.64. The Kier molecular flexibility index (Phi) is 6.84. The van der Waals surface area contributed by atoms with Crippen LogP contribution in [0.1, 0.15) is 72.3 Å². The number of amides is 3. The van der Waals surface area contributed by atoms with Gasteiger partial charge in [0.05, 0.1) is 0 Å². The van der Waals surface area contributed by atoms with Gasteiger partial charge in [0.2, 0.25) is 0 Å². The maximum atomic E-state index is 13.4. The quantitative estimate of drug-likeness (QED) is 0.531. The first kappa shape index (κ1) is 25.2. The lowest BCUT2D eigenvalue weighted by molar-refractivity contribution is -0.136. The minimum atomic E-state index is -1.01. The number of carbonyl (C=O) groups is 2. The Labute approximate surface area is 208 Å². The number of ether oxygens (including phenoxy) is 1. The molecule has 1 aromatic carbocycles. The van der Waals surface area contributed by atoms with Crippen molar-refractivity contribution in [3.63, 3.8) is 0 Å². The van der Waals surface area contributed by atoms with Gasteiger partial charge in [-0.1, -0.05) is 11.6 Å². The number of halogens is 1. The lowest BCUT2D eigenvalue weighted by Gasteiger charge is -2.40. The Morgan fingerprint density at radius 2 is 1.50 bits per heavy atom. The highest BCUT2D eigenvalue weighted by Gasteiger charge is 2.51. The fraction of sp³-hybridized carbons (Fsp3) is 0.704. The summed E-state index contributed by atoms with van der Waals surface area (Å²) in [6.07, 6.45) is 5.38. The third-order valence-corrected chi connectivity index (χ3v) is 8.08. The molecule has 34 heavy (non-hydrogen) atoms. The molecule has 7 heteroatoms. The second-order valence-corrected chi connectivity index (χ2v) is 12.7. The van der Waals surface area contributed by atoms with Gasteiger partial charge in [-0.05, 0) is 121 Å². The highest BCUT2D eigenvalue weighted by Crippen LogP contribution is 2.53. The lowest BCUT2D eigenvalue weighted by Crippen LogP contribution is -2.56. The minimum absolute atomic E-state index is 0.0886. The maximum absolute atomic E-state index is 13.4. The first-order chi connectivity index (χ1) is 15.8. The summed E-state index contributed by atoms with van der Waals surface area (Å²) in [6, 6.07) is 5.61. The van der Waals surface area contributed by atoms with Crippen LogP contribution in [0.3, 0.4) is 0 Å². The number of fused-ring (bicyclic) bond motifs is 2. The molecule has 188 valence electrons. The van der Waals surface area contributed by atoms with Gasteiger partial charge in [-0.15, -0.1) is 0 Å². The minimum Gasteiger partial charge on any atom is -0.478 e. The Hall–Kier alpha value is -1.95. The average Bonchev–Trinajstić information content (AvgIpc) is 2.95. The van der Waals surface area contributed by atoms with E-state index in [0.717, 1.165) is 31.2 Å². The summed E-state index contributed by atoms with van der Waals surface area (Å²) in [7, 11) is 0. The van der Waals surface area contributed by atoms with Gasteiger partial charge >= 0.3 is 6.03 Å². The molecule has 3 N–H and O–H groups in total. The smallest absolute Gasteiger partial charge is 0.315 e. The molecule has 3 aliphatic rings. The highest BCUT2D eigenvalue weighted by atomic mass is 35.5. The Bertz CT molecular complexity index is 942. The fourth-order valence-corrected chi connectivity index (χ4v) is 6.64. The Balaban J connectivity index is 1.43. The van der Waals surface area contributed by atoms with Crippen LogP contribution in [0.2, 0.25) is 5.02 Å². The summed E-state index contributed by atoms with van der Waals surface area (Å²) < 4.78 is 6.16. The molecule has 0 aliphatic heterocycles. The van der Waals surface area contributed by atoms with Crippen molar-refractivity contribution in [3.8, 4) is 5.75 Å². The number of hydrogen-bond acceptors (Lipinski definition) is 3. The molecule has 6 unspecified atom stereocenters. The van der Waals surface area contributed by atoms with Crippen LogP contribution in [-0.4, -0.2) is 35.2 Å². The van der Waals surface area contributed by atoms with Gasteiger partial charge in [0.15, 0.2) is 5.60 Å². The predicted octanol–water partition coefficient (Wildman–Crippen LogP) is 5.21. The number of aryl methyl sites for hydroxylation is 1. The molecule has 6 atom stereocenters.